The molecule has 1 heterocycles. The molecule has 2 aromatic carbocycles. The van der Waals surface area contributed by atoms with Crippen LogP contribution in [-0.2, 0) is 0 Å². The quantitative estimate of drug-likeness (QED) is 0.364. The third kappa shape index (κ3) is 2.98. The van der Waals surface area contributed by atoms with Crippen molar-refractivity contribution in [1.29, 1.82) is 0 Å². The monoisotopic (exact) mass is 326 g/mol. The maximum atomic E-state index is 12.4. The lowest BCUT2D eigenvalue weighted by molar-refractivity contribution is -0.384. The summed E-state index contributed by atoms with van der Waals surface area (Å²) in [5, 5.41) is 11.7. The number of nitro benzene ring substituents is 1. The third-order valence-corrected chi connectivity index (χ3v) is 4.66. The van der Waals surface area contributed by atoms with Gasteiger partial charge in [0.15, 0.2) is 5.78 Å². The zero-order valence-corrected chi connectivity index (χ0v) is 13.2. The normalized spacial score (nSPS) is 14.8. The molecule has 3 rings (SSSR count). The Balaban J connectivity index is 1.91. The number of anilines is 1. The van der Waals surface area contributed by atoms with E-state index in [0.29, 0.717) is 5.56 Å². The zero-order chi connectivity index (χ0) is 16.4. The minimum Gasteiger partial charge on any atom is -0.335 e. The Morgan fingerprint density at radius 2 is 2.04 bits per heavy atom. The topological polar surface area (TPSA) is 63.5 Å². The van der Waals surface area contributed by atoms with E-state index in [2.05, 4.69) is 4.90 Å². The number of thioether (sulfide) groups is 1. The largest absolute Gasteiger partial charge is 0.335 e. The summed E-state index contributed by atoms with van der Waals surface area (Å²) in [5.41, 5.74) is 1.32. The zero-order valence-electron chi connectivity index (χ0n) is 12.4. The van der Waals surface area contributed by atoms with Crippen molar-refractivity contribution in [3.63, 3.8) is 0 Å². The summed E-state index contributed by atoms with van der Waals surface area (Å²) in [6.07, 6.45) is 1.55. The summed E-state index contributed by atoms with van der Waals surface area (Å²) in [7, 11) is 0. The summed E-state index contributed by atoms with van der Waals surface area (Å²) in [6, 6.07) is 13.8. The molecule has 2 aromatic rings. The van der Waals surface area contributed by atoms with Gasteiger partial charge in [-0.3, -0.25) is 14.9 Å². The van der Waals surface area contributed by atoms with Gasteiger partial charge in [0.1, 0.15) is 0 Å². The Hall–Kier alpha value is -2.60. The number of carbonyl (C=O) groups excluding carboxylic acids is 1. The number of nitrogens with zero attached hydrogens (tertiary/aromatic N) is 2. The van der Waals surface area contributed by atoms with Gasteiger partial charge in [-0.25, -0.2) is 0 Å². The van der Waals surface area contributed by atoms with Gasteiger partial charge in [-0.15, -0.1) is 0 Å². The van der Waals surface area contributed by atoms with Crippen LogP contribution in [0.3, 0.4) is 0 Å². The van der Waals surface area contributed by atoms with Gasteiger partial charge in [0, 0.05) is 35.2 Å². The van der Waals surface area contributed by atoms with Gasteiger partial charge in [0.2, 0.25) is 0 Å². The number of fused-ring (bicyclic) bond motifs is 1. The third-order valence-electron chi connectivity index (χ3n) is 3.55. The van der Waals surface area contributed by atoms with E-state index >= 15 is 0 Å². The molecule has 0 bridgehead atoms. The summed E-state index contributed by atoms with van der Waals surface area (Å²) in [6.45, 7) is 2.77. The first-order valence-electron chi connectivity index (χ1n) is 7.15. The molecule has 0 aromatic heterocycles. The molecule has 5 nitrogen and oxygen atoms in total. The van der Waals surface area contributed by atoms with Gasteiger partial charge in [0.25, 0.3) is 5.69 Å². The number of allylic oxidation sites excluding steroid dienone is 1. The van der Waals surface area contributed by atoms with Crippen molar-refractivity contribution in [1.82, 2.24) is 0 Å². The standard InChI is InChI=1S/C17H14N2O3S/c1-2-18-14-8-3-4-9-16(14)23-17(18)11-15(20)12-6-5-7-13(10-12)19(21)22/h3-11H,2H2,1H3/b17-11-. The first kappa shape index (κ1) is 15.3. The first-order valence-corrected chi connectivity index (χ1v) is 7.96. The van der Waals surface area contributed by atoms with Crippen molar-refractivity contribution < 1.29 is 9.72 Å². The van der Waals surface area contributed by atoms with Crippen LogP contribution in [0.15, 0.2) is 64.5 Å². The van der Waals surface area contributed by atoms with Crippen LogP contribution in [0.25, 0.3) is 0 Å². The number of para-hydroxylation sites is 1. The molecule has 23 heavy (non-hydrogen) atoms. The molecular formula is C17H14N2O3S. The van der Waals surface area contributed by atoms with Crippen molar-refractivity contribution in [3.05, 3.63) is 75.3 Å². The minimum atomic E-state index is -0.498. The van der Waals surface area contributed by atoms with Gasteiger partial charge >= 0.3 is 0 Å². The lowest BCUT2D eigenvalue weighted by atomic mass is 10.1. The van der Waals surface area contributed by atoms with Crippen LogP contribution in [0.5, 0.6) is 0 Å². The Bertz CT molecular complexity index is 817. The second kappa shape index (κ2) is 6.26. The maximum absolute atomic E-state index is 12.4. The molecule has 0 spiro atoms. The predicted octanol–water partition coefficient (Wildman–Crippen LogP) is 4.25. The van der Waals surface area contributed by atoms with E-state index < -0.39 is 4.92 Å². The summed E-state index contributed by atoms with van der Waals surface area (Å²) >= 11 is 1.53. The fourth-order valence-corrected chi connectivity index (χ4v) is 3.61. The first-order chi connectivity index (χ1) is 11.1. The van der Waals surface area contributed by atoms with Crippen molar-refractivity contribution in [2.45, 2.75) is 11.8 Å². The summed E-state index contributed by atoms with van der Waals surface area (Å²) in [5.74, 6) is -0.234. The van der Waals surface area contributed by atoms with Gasteiger partial charge in [-0.1, -0.05) is 36.0 Å². The molecule has 0 N–H and O–H groups in total. The molecule has 6 heteroatoms. The number of benzene rings is 2. The van der Waals surface area contributed by atoms with Gasteiger partial charge < -0.3 is 4.90 Å². The highest BCUT2D eigenvalue weighted by atomic mass is 32.2. The van der Waals surface area contributed by atoms with E-state index in [1.807, 2.05) is 31.2 Å². The molecule has 0 fully saturated rings. The number of non-ortho nitro benzene ring substituents is 1. The number of hydrogen-bond donors (Lipinski definition) is 0. The molecular weight excluding hydrogens is 312 g/mol. The lowest BCUT2D eigenvalue weighted by Crippen LogP contribution is -2.17. The van der Waals surface area contributed by atoms with Crippen LogP contribution in [-0.4, -0.2) is 17.3 Å². The molecule has 0 saturated carbocycles. The van der Waals surface area contributed by atoms with Gasteiger partial charge in [-0.05, 0) is 19.1 Å². The van der Waals surface area contributed by atoms with Crippen molar-refractivity contribution in [2.75, 3.05) is 11.4 Å². The molecule has 1 aliphatic heterocycles. The Morgan fingerprint density at radius 3 is 2.78 bits per heavy atom. The van der Waals surface area contributed by atoms with Crippen LogP contribution < -0.4 is 4.90 Å². The molecule has 0 radical (unpaired) electrons. The highest BCUT2D eigenvalue weighted by molar-refractivity contribution is 8.03. The minimum absolute atomic E-state index is 0.0797. The van der Waals surface area contributed by atoms with E-state index in [4.69, 9.17) is 0 Å². The highest BCUT2D eigenvalue weighted by Gasteiger charge is 2.24. The van der Waals surface area contributed by atoms with E-state index in [-0.39, 0.29) is 11.5 Å². The lowest BCUT2D eigenvalue weighted by Gasteiger charge is -2.17. The van der Waals surface area contributed by atoms with E-state index in [1.54, 1.807) is 12.1 Å². The number of rotatable bonds is 4. The number of nitro groups is 1. The molecule has 0 aliphatic carbocycles. The molecule has 116 valence electrons. The van der Waals surface area contributed by atoms with Crippen LogP contribution in [0.2, 0.25) is 0 Å². The molecule has 1 aliphatic rings. The molecule has 0 saturated heterocycles. The Kier molecular flexibility index (Phi) is 4.16. The van der Waals surface area contributed by atoms with Gasteiger partial charge in [-0.2, -0.15) is 0 Å². The average molecular weight is 326 g/mol. The number of hydrogen-bond acceptors (Lipinski definition) is 5. The second-order valence-corrected chi connectivity index (χ2v) is 6.03. The van der Waals surface area contributed by atoms with Crippen molar-refractivity contribution >= 4 is 28.9 Å². The van der Waals surface area contributed by atoms with Crippen LogP contribution in [0.1, 0.15) is 17.3 Å². The smallest absolute Gasteiger partial charge is 0.270 e. The van der Waals surface area contributed by atoms with Crippen molar-refractivity contribution in [2.24, 2.45) is 0 Å². The average Bonchev–Trinajstić information content (AvgIpc) is 2.91. The highest BCUT2D eigenvalue weighted by Crippen LogP contribution is 2.45. The SMILES string of the molecule is CCN1/C(=C/C(=O)c2cccc([N+](=O)[O-])c2)Sc2ccccc21. The van der Waals surface area contributed by atoms with Crippen LogP contribution >= 0.6 is 11.8 Å². The summed E-state index contributed by atoms with van der Waals surface area (Å²) < 4.78 is 0. The van der Waals surface area contributed by atoms with E-state index in [1.165, 1.54) is 30.0 Å². The number of carbonyl (C=O) groups is 1. The van der Waals surface area contributed by atoms with E-state index in [0.717, 1.165) is 22.2 Å². The second-order valence-electron chi connectivity index (χ2n) is 4.97. The van der Waals surface area contributed by atoms with Crippen molar-refractivity contribution in [3.8, 4) is 0 Å². The molecule has 0 atom stereocenters. The van der Waals surface area contributed by atoms with Gasteiger partial charge in [0.05, 0.1) is 15.6 Å². The van der Waals surface area contributed by atoms with Crippen LogP contribution in [0, 0.1) is 10.1 Å². The Morgan fingerprint density at radius 1 is 1.26 bits per heavy atom. The fraction of sp³-hybridized carbons (Fsp3) is 0.118. The van der Waals surface area contributed by atoms with Crippen LogP contribution in [0.4, 0.5) is 11.4 Å². The summed E-state index contributed by atoms with van der Waals surface area (Å²) in [4.78, 5) is 26.0. The van der Waals surface area contributed by atoms with E-state index in [9.17, 15) is 14.9 Å². The molecule has 0 unspecified atom stereocenters. The Labute approximate surface area is 137 Å². The maximum Gasteiger partial charge on any atom is 0.270 e. The predicted molar refractivity (Wildman–Crippen MR) is 90.8 cm³/mol. The number of ketones is 1. The fourth-order valence-electron chi connectivity index (χ4n) is 2.45. The molecule has 0 amide bonds.